The average molecular weight is 246 g/mol. The summed E-state index contributed by atoms with van der Waals surface area (Å²) in [6, 6.07) is 6.18. The van der Waals surface area contributed by atoms with Gasteiger partial charge in [-0.05, 0) is 24.1 Å². The molecule has 16 heavy (non-hydrogen) atoms. The van der Waals surface area contributed by atoms with Crippen LogP contribution in [-0.4, -0.2) is 24.0 Å². The van der Waals surface area contributed by atoms with Gasteiger partial charge in [0, 0.05) is 0 Å². The van der Waals surface area contributed by atoms with Crippen LogP contribution in [0.4, 0.5) is 0 Å². The molecule has 0 saturated carbocycles. The molecule has 0 bridgehead atoms. The maximum absolute atomic E-state index is 10.9. The van der Waals surface area contributed by atoms with E-state index in [0.717, 1.165) is 0 Å². The summed E-state index contributed by atoms with van der Waals surface area (Å²) in [7, 11) is -4.73. The first-order valence-corrected chi connectivity index (χ1v) is 5.71. The Morgan fingerprint density at radius 1 is 1.38 bits per heavy atom. The molecule has 0 radical (unpaired) electrons. The predicted octanol–water partition coefficient (Wildman–Crippen LogP) is 0.671. The lowest BCUT2D eigenvalue weighted by Gasteiger charge is -2.01. The predicted molar refractivity (Wildman–Crippen MR) is 54.1 cm³/mol. The Morgan fingerprint density at radius 2 is 2.06 bits per heavy atom. The summed E-state index contributed by atoms with van der Waals surface area (Å²) in [6.07, 6.45) is 0.00595. The van der Waals surface area contributed by atoms with Crippen LogP contribution in [0.15, 0.2) is 24.3 Å². The van der Waals surface area contributed by atoms with Crippen molar-refractivity contribution in [2.75, 3.05) is 0 Å². The molecule has 0 unspecified atom stereocenters. The largest absolute Gasteiger partial charge is 0.508 e. The Morgan fingerprint density at radius 3 is 2.62 bits per heavy atom. The van der Waals surface area contributed by atoms with E-state index < -0.39 is 16.4 Å². The first kappa shape index (κ1) is 12.5. The van der Waals surface area contributed by atoms with E-state index in [1.54, 1.807) is 12.1 Å². The van der Waals surface area contributed by atoms with Gasteiger partial charge >= 0.3 is 16.4 Å². The molecule has 0 aromatic heterocycles. The van der Waals surface area contributed by atoms with Crippen LogP contribution >= 0.6 is 0 Å². The number of aryl methyl sites for hydroxylation is 1. The van der Waals surface area contributed by atoms with Crippen molar-refractivity contribution >= 4 is 16.4 Å². The normalized spacial score (nSPS) is 11.1. The quantitative estimate of drug-likeness (QED) is 0.757. The summed E-state index contributed by atoms with van der Waals surface area (Å²) in [5, 5.41) is 9.11. The third kappa shape index (κ3) is 4.76. The summed E-state index contributed by atoms with van der Waals surface area (Å²) in [5.41, 5.74) is 0.660. The van der Waals surface area contributed by atoms with Gasteiger partial charge in [0.15, 0.2) is 0 Å². The molecule has 0 saturated heterocycles. The van der Waals surface area contributed by atoms with E-state index in [2.05, 4.69) is 4.18 Å². The molecule has 2 N–H and O–H groups in total. The zero-order chi connectivity index (χ0) is 12.2. The molecule has 1 rings (SSSR count). The zero-order valence-corrected chi connectivity index (χ0v) is 8.98. The van der Waals surface area contributed by atoms with Crippen LogP contribution in [-0.2, 0) is 25.8 Å². The van der Waals surface area contributed by atoms with E-state index in [1.807, 2.05) is 0 Å². The fraction of sp³-hybridized carbons (Fsp3) is 0.222. The maximum atomic E-state index is 10.9. The Balaban J connectivity index is 2.49. The summed E-state index contributed by atoms with van der Waals surface area (Å²) in [6.45, 7) is 0. The third-order valence-electron chi connectivity index (χ3n) is 1.73. The van der Waals surface area contributed by atoms with Crippen molar-refractivity contribution < 1.29 is 27.1 Å². The lowest BCUT2D eigenvalue weighted by molar-refractivity contribution is -0.134. The van der Waals surface area contributed by atoms with E-state index in [1.165, 1.54) is 12.1 Å². The van der Waals surface area contributed by atoms with Gasteiger partial charge in [0.25, 0.3) is 0 Å². The second-order valence-corrected chi connectivity index (χ2v) is 4.08. The van der Waals surface area contributed by atoms with Crippen molar-refractivity contribution in [1.82, 2.24) is 0 Å². The molecule has 0 fully saturated rings. The number of hydrogen-bond donors (Lipinski definition) is 2. The van der Waals surface area contributed by atoms with Crippen LogP contribution in [0.5, 0.6) is 5.75 Å². The van der Waals surface area contributed by atoms with E-state index in [4.69, 9.17) is 9.66 Å². The SMILES string of the molecule is O=C(CCc1cccc(O)c1)OS(=O)(=O)O. The van der Waals surface area contributed by atoms with Gasteiger partial charge in [-0.15, -0.1) is 0 Å². The van der Waals surface area contributed by atoms with Crippen LogP contribution in [0.3, 0.4) is 0 Å². The first-order valence-electron chi connectivity index (χ1n) is 4.34. The highest BCUT2D eigenvalue weighted by Crippen LogP contribution is 2.12. The van der Waals surface area contributed by atoms with Gasteiger partial charge in [-0.25, -0.2) is 0 Å². The van der Waals surface area contributed by atoms with Crippen LogP contribution in [0.25, 0.3) is 0 Å². The molecule has 0 amide bonds. The van der Waals surface area contributed by atoms with Crippen molar-refractivity contribution in [3.8, 4) is 5.75 Å². The van der Waals surface area contributed by atoms with Crippen molar-refractivity contribution in [3.63, 3.8) is 0 Å². The summed E-state index contributed by atoms with van der Waals surface area (Å²) in [5.74, 6) is -0.994. The molecule has 0 spiro atoms. The summed E-state index contributed by atoms with van der Waals surface area (Å²) in [4.78, 5) is 10.9. The monoisotopic (exact) mass is 246 g/mol. The lowest BCUT2D eigenvalue weighted by atomic mass is 10.1. The second kappa shape index (κ2) is 4.95. The van der Waals surface area contributed by atoms with Crippen molar-refractivity contribution in [2.24, 2.45) is 0 Å². The molecule has 0 aliphatic heterocycles. The van der Waals surface area contributed by atoms with Gasteiger partial charge < -0.3 is 9.29 Å². The smallest absolute Gasteiger partial charge is 0.448 e. The Bertz CT molecular complexity index is 479. The van der Waals surface area contributed by atoms with Gasteiger partial charge in [-0.1, -0.05) is 12.1 Å². The first-order chi connectivity index (χ1) is 7.37. The highest BCUT2D eigenvalue weighted by molar-refractivity contribution is 7.81. The molecule has 0 atom stereocenters. The molecule has 88 valence electrons. The number of phenolic OH excluding ortho intramolecular Hbond substituents is 1. The number of phenols is 1. The maximum Gasteiger partial charge on any atom is 0.448 e. The standard InChI is InChI=1S/C9H10O6S/c10-8-3-1-2-7(6-8)4-5-9(11)15-16(12,13)14/h1-3,6,10H,4-5H2,(H,12,13,14). The molecule has 0 aliphatic rings. The van der Waals surface area contributed by atoms with Crippen LogP contribution < -0.4 is 0 Å². The second-order valence-electron chi connectivity index (χ2n) is 3.05. The fourth-order valence-corrected chi connectivity index (χ4v) is 1.44. The molecular weight excluding hydrogens is 236 g/mol. The summed E-state index contributed by atoms with van der Waals surface area (Å²) >= 11 is 0. The minimum absolute atomic E-state index is 0.0562. The number of carbonyl (C=O) groups excluding carboxylic acids is 1. The van der Waals surface area contributed by atoms with Crippen LogP contribution in [0.1, 0.15) is 12.0 Å². The minimum Gasteiger partial charge on any atom is -0.508 e. The van der Waals surface area contributed by atoms with Gasteiger partial charge in [-0.2, -0.15) is 8.42 Å². The van der Waals surface area contributed by atoms with Crippen molar-refractivity contribution in [2.45, 2.75) is 12.8 Å². The number of hydrogen-bond acceptors (Lipinski definition) is 5. The fourth-order valence-electron chi connectivity index (χ4n) is 1.12. The van der Waals surface area contributed by atoms with E-state index in [0.29, 0.717) is 5.56 Å². The number of aromatic hydroxyl groups is 1. The highest BCUT2D eigenvalue weighted by atomic mass is 32.3. The third-order valence-corrected chi connectivity index (χ3v) is 2.12. The lowest BCUT2D eigenvalue weighted by Crippen LogP contribution is -2.12. The van der Waals surface area contributed by atoms with Gasteiger partial charge in [0.05, 0.1) is 6.42 Å². The van der Waals surface area contributed by atoms with Crippen molar-refractivity contribution in [1.29, 1.82) is 0 Å². The molecule has 1 aromatic carbocycles. The molecular formula is C9H10O6S. The van der Waals surface area contributed by atoms with Crippen LogP contribution in [0, 0.1) is 0 Å². The van der Waals surface area contributed by atoms with E-state index in [-0.39, 0.29) is 18.6 Å². The molecule has 6 nitrogen and oxygen atoms in total. The molecule has 0 heterocycles. The molecule has 1 aromatic rings. The summed E-state index contributed by atoms with van der Waals surface area (Å²) < 4.78 is 32.3. The topological polar surface area (TPSA) is 101 Å². The van der Waals surface area contributed by atoms with E-state index >= 15 is 0 Å². The van der Waals surface area contributed by atoms with Crippen molar-refractivity contribution in [3.05, 3.63) is 29.8 Å². The van der Waals surface area contributed by atoms with Gasteiger partial charge in [0.1, 0.15) is 5.75 Å². The Labute approximate surface area is 92.4 Å². The Hall–Kier alpha value is -1.60. The van der Waals surface area contributed by atoms with Gasteiger partial charge in [0.2, 0.25) is 0 Å². The average Bonchev–Trinajstić information content (AvgIpc) is 2.12. The molecule has 7 heteroatoms. The minimum atomic E-state index is -4.73. The number of benzene rings is 1. The number of rotatable bonds is 4. The molecule has 0 aliphatic carbocycles. The Kier molecular flexibility index (Phi) is 3.86. The van der Waals surface area contributed by atoms with Gasteiger partial charge in [-0.3, -0.25) is 9.35 Å². The highest BCUT2D eigenvalue weighted by Gasteiger charge is 2.12. The van der Waals surface area contributed by atoms with Crippen LogP contribution in [0.2, 0.25) is 0 Å². The number of carbonyl (C=O) groups is 1. The van der Waals surface area contributed by atoms with E-state index in [9.17, 15) is 13.2 Å². The zero-order valence-electron chi connectivity index (χ0n) is 8.16.